The summed E-state index contributed by atoms with van der Waals surface area (Å²) in [6.07, 6.45) is 2.50. The van der Waals surface area contributed by atoms with Gasteiger partial charge in [0.1, 0.15) is 5.69 Å². The van der Waals surface area contributed by atoms with E-state index in [9.17, 15) is 10.1 Å². The molecule has 1 heterocycles. The van der Waals surface area contributed by atoms with E-state index in [0.29, 0.717) is 17.6 Å². The molecule has 0 aliphatic carbocycles. The van der Waals surface area contributed by atoms with Crippen LogP contribution >= 0.6 is 15.9 Å². The van der Waals surface area contributed by atoms with Gasteiger partial charge in [0.25, 0.3) is 5.69 Å². The van der Waals surface area contributed by atoms with E-state index in [-0.39, 0.29) is 10.6 Å². The molecule has 2 aromatic rings. The zero-order chi connectivity index (χ0) is 15.2. The number of halogens is 1. The summed E-state index contributed by atoms with van der Waals surface area (Å²) in [5.74, 6) is 0. The van der Waals surface area contributed by atoms with Crippen LogP contribution in [-0.4, -0.2) is 23.5 Å². The van der Waals surface area contributed by atoms with Crippen molar-refractivity contribution in [3.8, 4) is 0 Å². The summed E-state index contributed by atoms with van der Waals surface area (Å²) in [6, 6.07) is 11.1. The Kier molecular flexibility index (Phi) is 5.27. The van der Waals surface area contributed by atoms with Gasteiger partial charge in [-0.15, -0.1) is 0 Å². The third-order valence-corrected chi connectivity index (χ3v) is 3.88. The highest BCUT2D eigenvalue weighted by Gasteiger charge is 2.17. The number of hydrogen-bond donors (Lipinski definition) is 0. The number of aromatic nitrogens is 1. The van der Waals surface area contributed by atoms with E-state index in [1.54, 1.807) is 18.3 Å². The second kappa shape index (κ2) is 7.17. The minimum Gasteiger partial charge on any atom is -0.369 e. The van der Waals surface area contributed by atoms with Crippen LogP contribution in [-0.2, 0) is 11.8 Å². The van der Waals surface area contributed by atoms with Crippen molar-refractivity contribution < 1.29 is 4.92 Å². The maximum Gasteiger partial charge on any atom is 0.292 e. The maximum atomic E-state index is 11.2. The molecule has 5 nitrogen and oxygen atoms in total. The first-order valence-electron chi connectivity index (χ1n) is 6.56. The van der Waals surface area contributed by atoms with Crippen LogP contribution in [0.5, 0.6) is 0 Å². The maximum absolute atomic E-state index is 11.2. The van der Waals surface area contributed by atoms with Crippen LogP contribution in [0.15, 0.2) is 42.6 Å². The number of hydrogen-bond acceptors (Lipinski definition) is 4. The lowest BCUT2D eigenvalue weighted by Gasteiger charge is -2.19. The Balaban J connectivity index is 2.15. The van der Waals surface area contributed by atoms with E-state index in [1.807, 2.05) is 36.2 Å². The standard InChI is InChI=1S/C15H16BrN3O2/c1-18(9-7-13-4-2-3-8-17-13)14-6-5-12(11-16)10-15(14)19(20)21/h2-6,8,10H,7,9,11H2,1H3. The second-order valence-corrected chi connectivity index (χ2v) is 5.27. The Bertz CT molecular complexity index is 620. The van der Waals surface area contributed by atoms with Crippen LogP contribution in [0.1, 0.15) is 11.3 Å². The summed E-state index contributed by atoms with van der Waals surface area (Å²) in [6.45, 7) is 0.672. The monoisotopic (exact) mass is 349 g/mol. The fourth-order valence-corrected chi connectivity index (χ4v) is 2.42. The number of likely N-dealkylation sites (N-methyl/N-ethyl adjacent to an activating group) is 1. The second-order valence-electron chi connectivity index (χ2n) is 4.71. The number of anilines is 1. The Hall–Kier alpha value is -1.95. The highest BCUT2D eigenvalue weighted by atomic mass is 79.9. The zero-order valence-electron chi connectivity index (χ0n) is 11.7. The average molecular weight is 350 g/mol. The zero-order valence-corrected chi connectivity index (χ0v) is 13.3. The van der Waals surface area contributed by atoms with E-state index in [1.165, 1.54) is 0 Å². The molecule has 1 aromatic carbocycles. The van der Waals surface area contributed by atoms with Crippen LogP contribution in [0.2, 0.25) is 0 Å². The Morgan fingerprint density at radius 1 is 1.33 bits per heavy atom. The van der Waals surface area contributed by atoms with Crippen molar-refractivity contribution in [2.24, 2.45) is 0 Å². The number of rotatable bonds is 6. The summed E-state index contributed by atoms with van der Waals surface area (Å²) < 4.78 is 0. The van der Waals surface area contributed by atoms with Gasteiger partial charge in [-0.1, -0.05) is 28.1 Å². The molecule has 0 saturated heterocycles. The van der Waals surface area contributed by atoms with Crippen molar-refractivity contribution >= 4 is 27.3 Å². The number of nitro groups is 1. The molecular formula is C15H16BrN3O2. The van der Waals surface area contributed by atoms with Gasteiger partial charge < -0.3 is 4.90 Å². The van der Waals surface area contributed by atoms with E-state index < -0.39 is 0 Å². The molecule has 110 valence electrons. The summed E-state index contributed by atoms with van der Waals surface area (Å²) in [4.78, 5) is 17.0. The molecule has 1 aromatic heterocycles. The van der Waals surface area contributed by atoms with E-state index in [0.717, 1.165) is 17.7 Å². The van der Waals surface area contributed by atoms with Gasteiger partial charge in [-0.2, -0.15) is 0 Å². The molecule has 21 heavy (non-hydrogen) atoms. The molecule has 0 atom stereocenters. The quantitative estimate of drug-likeness (QED) is 0.454. The minimum absolute atomic E-state index is 0.135. The van der Waals surface area contributed by atoms with Crippen LogP contribution in [0, 0.1) is 10.1 Å². The van der Waals surface area contributed by atoms with Crippen LogP contribution < -0.4 is 4.90 Å². The molecule has 0 aliphatic heterocycles. The van der Waals surface area contributed by atoms with Crippen molar-refractivity contribution in [1.29, 1.82) is 0 Å². The molecule has 6 heteroatoms. The van der Waals surface area contributed by atoms with Crippen molar-refractivity contribution in [2.45, 2.75) is 11.8 Å². The molecule has 0 amide bonds. The first-order chi connectivity index (χ1) is 10.1. The van der Waals surface area contributed by atoms with Gasteiger partial charge in [0.15, 0.2) is 0 Å². The van der Waals surface area contributed by atoms with Crippen molar-refractivity contribution in [3.05, 3.63) is 64.0 Å². The molecule has 0 radical (unpaired) electrons. The lowest BCUT2D eigenvalue weighted by Crippen LogP contribution is -2.21. The number of nitrogens with zero attached hydrogens (tertiary/aromatic N) is 3. The average Bonchev–Trinajstić information content (AvgIpc) is 2.52. The highest BCUT2D eigenvalue weighted by Crippen LogP contribution is 2.29. The molecule has 0 unspecified atom stereocenters. The minimum atomic E-state index is -0.335. The smallest absolute Gasteiger partial charge is 0.292 e. The van der Waals surface area contributed by atoms with Crippen LogP contribution in [0.3, 0.4) is 0 Å². The Morgan fingerprint density at radius 3 is 2.76 bits per heavy atom. The molecule has 2 rings (SSSR count). The fourth-order valence-electron chi connectivity index (χ4n) is 2.07. The van der Waals surface area contributed by atoms with Gasteiger partial charge in [-0.05, 0) is 23.8 Å². The molecule has 0 aliphatic rings. The van der Waals surface area contributed by atoms with Crippen molar-refractivity contribution in [2.75, 3.05) is 18.5 Å². The normalized spacial score (nSPS) is 10.4. The molecule has 0 spiro atoms. The van der Waals surface area contributed by atoms with Gasteiger partial charge in [0.05, 0.1) is 4.92 Å². The van der Waals surface area contributed by atoms with Gasteiger partial charge in [0.2, 0.25) is 0 Å². The third kappa shape index (κ3) is 4.01. The van der Waals surface area contributed by atoms with E-state index in [2.05, 4.69) is 20.9 Å². The molecule has 0 fully saturated rings. The Labute approximate surface area is 131 Å². The largest absolute Gasteiger partial charge is 0.369 e. The number of benzene rings is 1. The van der Waals surface area contributed by atoms with Gasteiger partial charge >= 0.3 is 0 Å². The lowest BCUT2D eigenvalue weighted by molar-refractivity contribution is -0.384. The summed E-state index contributed by atoms with van der Waals surface area (Å²) in [7, 11) is 1.86. The first kappa shape index (κ1) is 15.4. The molecular weight excluding hydrogens is 334 g/mol. The van der Waals surface area contributed by atoms with Crippen molar-refractivity contribution in [3.63, 3.8) is 0 Å². The first-order valence-corrected chi connectivity index (χ1v) is 7.68. The van der Waals surface area contributed by atoms with Crippen LogP contribution in [0.25, 0.3) is 0 Å². The van der Waals surface area contributed by atoms with Gasteiger partial charge in [-0.3, -0.25) is 15.1 Å². The van der Waals surface area contributed by atoms with E-state index in [4.69, 9.17) is 0 Å². The number of nitro benzene ring substituents is 1. The van der Waals surface area contributed by atoms with E-state index >= 15 is 0 Å². The molecule has 0 N–H and O–H groups in total. The molecule has 0 saturated carbocycles. The van der Waals surface area contributed by atoms with Crippen molar-refractivity contribution in [1.82, 2.24) is 4.98 Å². The predicted molar refractivity (Wildman–Crippen MR) is 86.9 cm³/mol. The van der Waals surface area contributed by atoms with Crippen LogP contribution in [0.4, 0.5) is 11.4 Å². The highest BCUT2D eigenvalue weighted by molar-refractivity contribution is 9.08. The lowest BCUT2D eigenvalue weighted by atomic mass is 10.1. The Morgan fingerprint density at radius 2 is 2.14 bits per heavy atom. The third-order valence-electron chi connectivity index (χ3n) is 3.23. The van der Waals surface area contributed by atoms with Gasteiger partial charge in [-0.25, -0.2) is 0 Å². The summed E-state index contributed by atoms with van der Waals surface area (Å²) in [5, 5.41) is 11.8. The fraction of sp³-hybridized carbons (Fsp3) is 0.267. The molecule has 0 bridgehead atoms. The number of alkyl halides is 1. The summed E-state index contributed by atoms with van der Waals surface area (Å²) in [5.41, 5.74) is 2.63. The SMILES string of the molecule is CN(CCc1ccccn1)c1ccc(CBr)cc1[N+](=O)[O-]. The topological polar surface area (TPSA) is 59.3 Å². The summed E-state index contributed by atoms with van der Waals surface area (Å²) >= 11 is 3.32. The predicted octanol–water partition coefficient (Wildman–Crippen LogP) is 3.56. The van der Waals surface area contributed by atoms with Gasteiger partial charge in [0, 0.05) is 43.3 Å². The number of pyridine rings is 1.